The van der Waals surface area contributed by atoms with Crippen molar-refractivity contribution < 1.29 is 9.53 Å². The van der Waals surface area contributed by atoms with E-state index >= 15 is 0 Å². The summed E-state index contributed by atoms with van der Waals surface area (Å²) in [6.07, 6.45) is 5.06. The van der Waals surface area contributed by atoms with Gasteiger partial charge in [-0.05, 0) is 43.6 Å². The Bertz CT molecular complexity index is 858. The summed E-state index contributed by atoms with van der Waals surface area (Å²) in [5, 5.41) is 5.67. The van der Waals surface area contributed by atoms with Gasteiger partial charge in [-0.1, -0.05) is 17.8 Å². The lowest BCUT2D eigenvalue weighted by Crippen LogP contribution is -2.33. The number of nitrogens with zero attached hydrogens (tertiary/aromatic N) is 2. The molecule has 1 atom stereocenters. The number of fused-ring (bicyclic) bond motifs is 1. The number of thioether (sulfide) groups is 1. The van der Waals surface area contributed by atoms with Gasteiger partial charge in [0.2, 0.25) is 5.91 Å². The molecule has 1 fully saturated rings. The number of amides is 1. The van der Waals surface area contributed by atoms with Gasteiger partial charge in [0.15, 0.2) is 0 Å². The van der Waals surface area contributed by atoms with Crippen LogP contribution in [0.2, 0.25) is 0 Å². The summed E-state index contributed by atoms with van der Waals surface area (Å²) in [6.45, 7) is 1.93. The van der Waals surface area contributed by atoms with Crippen LogP contribution in [-0.2, 0) is 28.9 Å². The molecule has 0 saturated carbocycles. The fourth-order valence-corrected chi connectivity index (χ4v) is 5.24. The number of thiophene rings is 1. The maximum absolute atomic E-state index is 12.6. The Morgan fingerprint density at radius 2 is 2.33 bits per heavy atom. The van der Waals surface area contributed by atoms with Crippen LogP contribution in [0.4, 0.5) is 0 Å². The topological polar surface area (TPSA) is 73.2 Å². The molecule has 1 amide bonds. The highest BCUT2D eigenvalue weighted by Gasteiger charge is 2.23. The van der Waals surface area contributed by atoms with Crippen molar-refractivity contribution in [1.82, 2.24) is 14.9 Å². The molecule has 8 heteroatoms. The molecule has 6 nitrogen and oxygen atoms in total. The first kappa shape index (κ1) is 18.7. The molecule has 0 spiro atoms. The number of hydrogen-bond acceptors (Lipinski definition) is 6. The van der Waals surface area contributed by atoms with Gasteiger partial charge >= 0.3 is 5.69 Å². The monoisotopic (exact) mass is 405 g/mol. The van der Waals surface area contributed by atoms with E-state index in [0.29, 0.717) is 13.1 Å². The normalized spacial score (nSPS) is 18.6. The number of ether oxygens (including phenoxy) is 1. The predicted molar refractivity (Wildman–Crippen MR) is 107 cm³/mol. The Hall–Kier alpha value is -1.64. The summed E-state index contributed by atoms with van der Waals surface area (Å²) in [5.74, 6) is 0.243. The molecular formula is C19H23N3O3S2. The van der Waals surface area contributed by atoms with Gasteiger partial charge in [-0.2, -0.15) is 4.98 Å². The zero-order valence-electron chi connectivity index (χ0n) is 15.1. The fourth-order valence-electron chi connectivity index (χ4n) is 3.64. The Balaban J connectivity index is 1.42. The molecule has 0 aromatic carbocycles. The van der Waals surface area contributed by atoms with Gasteiger partial charge in [-0.3, -0.25) is 9.36 Å². The number of aromatic nitrogens is 2. The first-order valence-electron chi connectivity index (χ1n) is 9.37. The molecule has 2 aliphatic rings. The molecule has 3 heterocycles. The zero-order valence-corrected chi connectivity index (χ0v) is 16.7. The number of nitrogens with one attached hydrogen (secondary N) is 1. The van der Waals surface area contributed by atoms with E-state index < -0.39 is 0 Å². The average molecular weight is 406 g/mol. The van der Waals surface area contributed by atoms with Gasteiger partial charge in [-0.15, -0.1) is 11.3 Å². The van der Waals surface area contributed by atoms with Crippen LogP contribution in [0.25, 0.3) is 0 Å². The second-order valence-corrected chi connectivity index (χ2v) is 8.87. The Kier molecular flexibility index (Phi) is 5.95. The minimum atomic E-state index is -0.216. The molecule has 0 radical (unpaired) electrons. The molecule has 1 aliphatic carbocycles. The van der Waals surface area contributed by atoms with Gasteiger partial charge in [0.25, 0.3) is 0 Å². The molecule has 1 aliphatic heterocycles. The van der Waals surface area contributed by atoms with Gasteiger partial charge in [0.1, 0.15) is 5.03 Å². The van der Waals surface area contributed by atoms with Crippen LogP contribution < -0.4 is 11.0 Å². The van der Waals surface area contributed by atoms with Crippen molar-refractivity contribution >= 4 is 29.0 Å². The summed E-state index contributed by atoms with van der Waals surface area (Å²) in [6, 6.07) is 4.04. The Labute approximate surface area is 166 Å². The number of carbonyl (C=O) groups excluding carboxylic acids is 1. The first-order valence-corrected chi connectivity index (χ1v) is 11.2. The quantitative estimate of drug-likeness (QED) is 0.565. The minimum absolute atomic E-state index is 0.0354. The minimum Gasteiger partial charge on any atom is -0.376 e. The molecule has 144 valence electrons. The molecule has 0 bridgehead atoms. The van der Waals surface area contributed by atoms with E-state index in [1.54, 1.807) is 15.9 Å². The van der Waals surface area contributed by atoms with E-state index in [2.05, 4.69) is 10.3 Å². The van der Waals surface area contributed by atoms with Crippen LogP contribution in [0.5, 0.6) is 0 Å². The molecule has 1 N–H and O–H groups in total. The van der Waals surface area contributed by atoms with E-state index in [0.717, 1.165) is 59.9 Å². The average Bonchev–Trinajstić information content (AvgIpc) is 3.42. The number of hydrogen-bond donors (Lipinski definition) is 1. The van der Waals surface area contributed by atoms with Crippen molar-refractivity contribution in [3.8, 4) is 0 Å². The van der Waals surface area contributed by atoms with E-state index in [9.17, 15) is 9.59 Å². The predicted octanol–water partition coefficient (Wildman–Crippen LogP) is 2.23. The van der Waals surface area contributed by atoms with Gasteiger partial charge in [0, 0.05) is 29.3 Å². The van der Waals surface area contributed by atoms with E-state index in [1.165, 1.54) is 11.8 Å². The van der Waals surface area contributed by atoms with Gasteiger partial charge in [0.05, 0.1) is 18.4 Å². The van der Waals surface area contributed by atoms with Crippen molar-refractivity contribution in [3.05, 3.63) is 44.1 Å². The van der Waals surface area contributed by atoms with Crippen molar-refractivity contribution in [2.75, 3.05) is 18.9 Å². The largest absolute Gasteiger partial charge is 0.376 e. The van der Waals surface area contributed by atoms with Gasteiger partial charge < -0.3 is 10.1 Å². The van der Waals surface area contributed by atoms with Crippen molar-refractivity contribution in [1.29, 1.82) is 0 Å². The van der Waals surface area contributed by atoms with Crippen LogP contribution in [-0.4, -0.2) is 40.5 Å². The lowest BCUT2D eigenvalue weighted by atomic mass is 10.2. The molecule has 0 unspecified atom stereocenters. The maximum atomic E-state index is 12.6. The van der Waals surface area contributed by atoms with Gasteiger partial charge in [-0.25, -0.2) is 4.79 Å². The van der Waals surface area contributed by atoms with E-state index in [1.807, 2.05) is 17.5 Å². The highest BCUT2D eigenvalue weighted by atomic mass is 32.2. The third kappa shape index (κ3) is 4.44. The Morgan fingerprint density at radius 3 is 3.11 bits per heavy atom. The molecular weight excluding hydrogens is 382 g/mol. The highest BCUT2D eigenvalue weighted by molar-refractivity contribution is 7.99. The smallest absolute Gasteiger partial charge is 0.349 e. The van der Waals surface area contributed by atoms with Crippen LogP contribution in [0, 0.1) is 0 Å². The summed E-state index contributed by atoms with van der Waals surface area (Å²) in [4.78, 5) is 30.2. The highest BCUT2D eigenvalue weighted by Crippen LogP contribution is 2.29. The van der Waals surface area contributed by atoms with Crippen molar-refractivity contribution in [2.24, 2.45) is 0 Å². The lowest BCUT2D eigenvalue weighted by Gasteiger charge is -2.14. The van der Waals surface area contributed by atoms with Crippen LogP contribution in [0.3, 0.4) is 0 Å². The molecule has 2 aromatic rings. The second-order valence-electron chi connectivity index (χ2n) is 6.87. The second kappa shape index (κ2) is 8.58. The summed E-state index contributed by atoms with van der Waals surface area (Å²) >= 11 is 3.02. The molecule has 1 saturated heterocycles. The summed E-state index contributed by atoms with van der Waals surface area (Å²) in [5.41, 5.74) is 2.01. The Morgan fingerprint density at radius 1 is 1.41 bits per heavy atom. The third-order valence-electron chi connectivity index (χ3n) is 4.99. The molecule has 27 heavy (non-hydrogen) atoms. The third-order valence-corrected chi connectivity index (χ3v) is 6.86. The zero-order chi connectivity index (χ0) is 18.6. The number of carbonyl (C=O) groups is 1. The maximum Gasteiger partial charge on any atom is 0.349 e. The SMILES string of the molecule is O=C(CSc1nc(=O)n(Cc2cccs2)c2c1CCC2)NC[C@H]1CCCO1. The summed E-state index contributed by atoms with van der Waals surface area (Å²) < 4.78 is 7.32. The van der Waals surface area contributed by atoms with Crippen molar-refractivity contribution in [2.45, 2.75) is 49.8 Å². The number of rotatable bonds is 7. The standard InChI is InChI=1S/C19H23N3O3S2/c23-17(20-10-13-4-2-8-25-13)12-27-18-15-6-1-7-16(15)22(19(24)21-18)11-14-5-3-9-26-14/h3,5,9,13H,1-2,4,6-8,10-12H2,(H,20,23)/t13-/m1/s1. The van der Waals surface area contributed by atoms with Crippen LogP contribution in [0.15, 0.2) is 27.3 Å². The van der Waals surface area contributed by atoms with Crippen LogP contribution in [0.1, 0.15) is 35.4 Å². The summed E-state index contributed by atoms with van der Waals surface area (Å²) in [7, 11) is 0. The van der Waals surface area contributed by atoms with E-state index in [-0.39, 0.29) is 23.5 Å². The fraction of sp³-hybridized carbons (Fsp3) is 0.526. The lowest BCUT2D eigenvalue weighted by molar-refractivity contribution is -0.119. The first-order chi connectivity index (χ1) is 13.2. The van der Waals surface area contributed by atoms with Crippen LogP contribution >= 0.6 is 23.1 Å². The van der Waals surface area contributed by atoms with E-state index in [4.69, 9.17) is 4.74 Å². The molecule has 2 aromatic heterocycles. The molecule has 4 rings (SSSR count). The van der Waals surface area contributed by atoms with Crippen molar-refractivity contribution in [3.63, 3.8) is 0 Å².